The van der Waals surface area contributed by atoms with E-state index in [1.165, 1.54) is 43.5 Å². The van der Waals surface area contributed by atoms with Crippen molar-refractivity contribution in [2.24, 2.45) is 0 Å². The molecule has 0 aliphatic carbocycles. The lowest BCUT2D eigenvalue weighted by molar-refractivity contribution is 0.101. The van der Waals surface area contributed by atoms with E-state index in [0.29, 0.717) is 22.4 Å². The first-order chi connectivity index (χ1) is 12.7. The molecule has 9 heteroatoms. The van der Waals surface area contributed by atoms with Crippen LogP contribution in [0.2, 0.25) is 0 Å². The molecule has 0 aliphatic rings. The van der Waals surface area contributed by atoms with Crippen molar-refractivity contribution in [3.8, 4) is 0 Å². The fourth-order valence-electron chi connectivity index (χ4n) is 2.33. The van der Waals surface area contributed by atoms with Gasteiger partial charge in [-0.05, 0) is 36.8 Å². The van der Waals surface area contributed by atoms with Crippen molar-refractivity contribution < 1.29 is 22.0 Å². The Kier molecular flexibility index (Phi) is 5.33. The number of nitrogens with zero attached hydrogens (tertiary/aromatic N) is 1. The van der Waals surface area contributed by atoms with Gasteiger partial charge >= 0.3 is 0 Å². The van der Waals surface area contributed by atoms with Gasteiger partial charge in [-0.15, -0.1) is 11.3 Å². The third kappa shape index (κ3) is 4.55. The maximum absolute atomic E-state index is 13.3. The van der Waals surface area contributed by atoms with Crippen LogP contribution in [0.25, 0.3) is 0 Å². The number of hydrogen-bond donors (Lipinski definition) is 1. The number of sulfonamides is 1. The van der Waals surface area contributed by atoms with Gasteiger partial charge < -0.3 is 0 Å². The molecule has 5 nitrogen and oxygen atoms in total. The number of nitrogens with one attached hydrogen (secondary N) is 1. The minimum Gasteiger partial charge on any atom is -0.295 e. The minimum absolute atomic E-state index is 0.00450. The lowest BCUT2D eigenvalue weighted by Crippen LogP contribution is -2.12. The SMILES string of the molecule is CC(=O)c1ccc(S(=O)(=O)Nc2ncc(Cc3ccc(F)c(F)c3)s2)cc1. The molecule has 3 rings (SSSR count). The molecule has 0 spiro atoms. The molecule has 1 heterocycles. The number of aromatic nitrogens is 1. The van der Waals surface area contributed by atoms with Gasteiger partial charge in [0.15, 0.2) is 22.5 Å². The molecule has 0 unspecified atom stereocenters. The Balaban J connectivity index is 1.74. The zero-order valence-corrected chi connectivity index (χ0v) is 15.7. The van der Waals surface area contributed by atoms with E-state index in [1.54, 1.807) is 0 Å². The summed E-state index contributed by atoms with van der Waals surface area (Å²) in [5.74, 6) is -2.02. The number of hydrogen-bond acceptors (Lipinski definition) is 5. The number of ketones is 1. The third-order valence-corrected chi connectivity index (χ3v) is 6.11. The predicted molar refractivity (Wildman–Crippen MR) is 98.5 cm³/mol. The second-order valence-corrected chi connectivity index (χ2v) is 8.54. The minimum atomic E-state index is -3.85. The molecule has 2 aromatic carbocycles. The number of benzene rings is 2. The predicted octanol–water partition coefficient (Wildman–Crippen LogP) is 4.02. The molecule has 27 heavy (non-hydrogen) atoms. The second-order valence-electron chi connectivity index (χ2n) is 5.74. The van der Waals surface area contributed by atoms with Crippen LogP contribution < -0.4 is 4.72 Å². The van der Waals surface area contributed by atoms with Gasteiger partial charge in [-0.25, -0.2) is 22.2 Å². The third-order valence-electron chi connectivity index (χ3n) is 3.71. The maximum atomic E-state index is 13.3. The Morgan fingerprint density at radius 2 is 1.81 bits per heavy atom. The standard InChI is InChI=1S/C18H14F2N2O3S2/c1-11(23)13-3-5-15(6-4-13)27(24,25)22-18-21-10-14(26-18)8-12-2-7-16(19)17(20)9-12/h2-7,9-10H,8H2,1H3,(H,21,22). The topological polar surface area (TPSA) is 76.1 Å². The summed E-state index contributed by atoms with van der Waals surface area (Å²) in [6.45, 7) is 1.39. The summed E-state index contributed by atoms with van der Waals surface area (Å²) >= 11 is 1.10. The molecular weight excluding hydrogens is 394 g/mol. The van der Waals surface area contributed by atoms with Crippen molar-refractivity contribution in [2.75, 3.05) is 4.72 Å². The van der Waals surface area contributed by atoms with E-state index < -0.39 is 21.7 Å². The zero-order chi connectivity index (χ0) is 19.6. The summed E-state index contributed by atoms with van der Waals surface area (Å²) in [6.07, 6.45) is 1.77. The van der Waals surface area contributed by atoms with Crippen LogP contribution in [0.15, 0.2) is 53.6 Å². The Hall–Kier alpha value is -2.65. The molecule has 0 bridgehead atoms. The van der Waals surface area contributed by atoms with Gasteiger partial charge in [-0.2, -0.15) is 0 Å². The fraction of sp³-hybridized carbons (Fsp3) is 0.111. The van der Waals surface area contributed by atoms with Crippen LogP contribution >= 0.6 is 11.3 Å². The molecule has 0 amide bonds. The van der Waals surface area contributed by atoms with E-state index in [1.807, 2.05) is 0 Å². The molecule has 0 radical (unpaired) electrons. The highest BCUT2D eigenvalue weighted by Crippen LogP contribution is 2.24. The quantitative estimate of drug-likeness (QED) is 0.625. The average molecular weight is 408 g/mol. The van der Waals surface area contributed by atoms with E-state index in [0.717, 1.165) is 23.5 Å². The van der Waals surface area contributed by atoms with Crippen LogP contribution in [0.3, 0.4) is 0 Å². The molecule has 1 aromatic heterocycles. The highest BCUT2D eigenvalue weighted by molar-refractivity contribution is 7.93. The molecule has 140 valence electrons. The summed E-state index contributed by atoms with van der Waals surface area (Å²) in [5, 5.41) is 0.156. The normalized spacial score (nSPS) is 11.4. The fourth-order valence-corrected chi connectivity index (χ4v) is 4.42. The Morgan fingerprint density at radius 3 is 2.44 bits per heavy atom. The number of halogens is 2. The maximum Gasteiger partial charge on any atom is 0.263 e. The highest BCUT2D eigenvalue weighted by atomic mass is 32.2. The molecule has 0 atom stereocenters. The average Bonchev–Trinajstić information content (AvgIpc) is 3.04. The number of thiazole rings is 1. The summed E-state index contributed by atoms with van der Waals surface area (Å²) in [4.78, 5) is 16.0. The van der Waals surface area contributed by atoms with Gasteiger partial charge in [0.2, 0.25) is 0 Å². The van der Waals surface area contributed by atoms with Crippen molar-refractivity contribution in [1.82, 2.24) is 4.98 Å². The van der Waals surface area contributed by atoms with Crippen LogP contribution in [-0.4, -0.2) is 19.2 Å². The van der Waals surface area contributed by atoms with E-state index in [-0.39, 0.29) is 15.8 Å². The molecular formula is C18H14F2N2O3S2. The first kappa shape index (κ1) is 19.1. The summed E-state index contributed by atoms with van der Waals surface area (Å²) in [5.41, 5.74) is 0.962. The monoisotopic (exact) mass is 408 g/mol. The van der Waals surface area contributed by atoms with Gasteiger partial charge in [0.05, 0.1) is 4.90 Å². The van der Waals surface area contributed by atoms with Crippen molar-refractivity contribution in [2.45, 2.75) is 18.2 Å². The van der Waals surface area contributed by atoms with E-state index in [2.05, 4.69) is 9.71 Å². The van der Waals surface area contributed by atoms with Gasteiger partial charge in [-0.1, -0.05) is 18.2 Å². The largest absolute Gasteiger partial charge is 0.295 e. The van der Waals surface area contributed by atoms with Crippen LogP contribution in [-0.2, 0) is 16.4 Å². The van der Waals surface area contributed by atoms with Gasteiger partial charge in [-0.3, -0.25) is 9.52 Å². The number of carbonyl (C=O) groups excluding carboxylic acids is 1. The Morgan fingerprint density at radius 1 is 1.11 bits per heavy atom. The molecule has 0 fully saturated rings. The number of anilines is 1. The highest BCUT2D eigenvalue weighted by Gasteiger charge is 2.17. The number of Topliss-reactive ketones (excluding diaryl/α,β-unsaturated/α-hetero) is 1. The Labute approximate surface area is 158 Å². The smallest absolute Gasteiger partial charge is 0.263 e. The van der Waals surface area contributed by atoms with E-state index in [9.17, 15) is 22.0 Å². The zero-order valence-electron chi connectivity index (χ0n) is 14.1. The van der Waals surface area contributed by atoms with Gasteiger partial charge in [0.25, 0.3) is 10.0 Å². The van der Waals surface area contributed by atoms with Crippen LogP contribution in [0.5, 0.6) is 0 Å². The summed E-state index contributed by atoms with van der Waals surface area (Å²) in [6, 6.07) is 9.15. The summed E-state index contributed by atoms with van der Waals surface area (Å²) < 4.78 is 53.4. The summed E-state index contributed by atoms with van der Waals surface area (Å²) in [7, 11) is -3.85. The molecule has 0 aliphatic heterocycles. The van der Waals surface area contributed by atoms with Crippen LogP contribution in [0, 0.1) is 11.6 Å². The van der Waals surface area contributed by atoms with Crippen molar-refractivity contribution in [3.63, 3.8) is 0 Å². The van der Waals surface area contributed by atoms with Gasteiger partial charge in [0, 0.05) is 23.1 Å². The lowest BCUT2D eigenvalue weighted by atomic mass is 10.1. The van der Waals surface area contributed by atoms with Gasteiger partial charge in [0.1, 0.15) is 0 Å². The molecule has 1 N–H and O–H groups in total. The van der Waals surface area contributed by atoms with E-state index in [4.69, 9.17) is 0 Å². The molecule has 0 saturated carbocycles. The van der Waals surface area contributed by atoms with Crippen molar-refractivity contribution in [3.05, 3.63) is 76.3 Å². The van der Waals surface area contributed by atoms with E-state index >= 15 is 0 Å². The second kappa shape index (κ2) is 7.53. The van der Waals surface area contributed by atoms with Crippen molar-refractivity contribution in [1.29, 1.82) is 0 Å². The van der Waals surface area contributed by atoms with Crippen LogP contribution in [0.1, 0.15) is 27.7 Å². The molecule has 0 saturated heterocycles. The lowest BCUT2D eigenvalue weighted by Gasteiger charge is -2.05. The van der Waals surface area contributed by atoms with Crippen LogP contribution in [0.4, 0.5) is 13.9 Å². The van der Waals surface area contributed by atoms with Crippen molar-refractivity contribution >= 4 is 32.3 Å². The first-order valence-electron chi connectivity index (χ1n) is 7.77. The first-order valence-corrected chi connectivity index (χ1v) is 10.1. The molecule has 3 aromatic rings. The number of carbonyl (C=O) groups is 1. The Bertz CT molecular complexity index is 1090. The number of rotatable bonds is 6.